The number of likely N-dealkylation sites (tertiary alicyclic amines) is 1. The fourth-order valence-corrected chi connectivity index (χ4v) is 2.82. The Morgan fingerprint density at radius 1 is 1.28 bits per heavy atom. The van der Waals surface area contributed by atoms with Crippen LogP contribution in [0.1, 0.15) is 32.3 Å². The maximum absolute atomic E-state index is 9.34. The van der Waals surface area contributed by atoms with Crippen molar-refractivity contribution in [1.82, 2.24) is 4.90 Å². The molecule has 1 aromatic rings. The molecule has 1 aliphatic heterocycles. The zero-order chi connectivity index (χ0) is 13.0. The zero-order valence-electron chi connectivity index (χ0n) is 11.6. The lowest BCUT2D eigenvalue weighted by Gasteiger charge is -2.45. The summed E-state index contributed by atoms with van der Waals surface area (Å²) >= 11 is 0. The van der Waals surface area contributed by atoms with Gasteiger partial charge < -0.3 is 5.11 Å². The third-order valence-corrected chi connectivity index (χ3v) is 4.27. The van der Waals surface area contributed by atoms with Crippen molar-refractivity contribution in [2.45, 2.75) is 38.6 Å². The van der Waals surface area contributed by atoms with Crippen LogP contribution in [0.15, 0.2) is 30.3 Å². The first-order valence-electron chi connectivity index (χ1n) is 7.01. The van der Waals surface area contributed by atoms with Crippen LogP contribution in [-0.4, -0.2) is 35.2 Å². The van der Waals surface area contributed by atoms with Crippen LogP contribution < -0.4 is 0 Å². The van der Waals surface area contributed by atoms with Crippen LogP contribution in [0.2, 0.25) is 0 Å². The first-order valence-corrected chi connectivity index (χ1v) is 7.01. The summed E-state index contributed by atoms with van der Waals surface area (Å²) in [6, 6.07) is 10.7. The second kappa shape index (κ2) is 5.85. The molecule has 0 bridgehead atoms. The Morgan fingerprint density at radius 3 is 2.67 bits per heavy atom. The zero-order valence-corrected chi connectivity index (χ0v) is 11.6. The van der Waals surface area contributed by atoms with E-state index < -0.39 is 0 Å². The molecule has 1 heterocycles. The van der Waals surface area contributed by atoms with Crippen LogP contribution in [0, 0.1) is 5.92 Å². The van der Waals surface area contributed by atoms with E-state index in [1.807, 2.05) is 0 Å². The van der Waals surface area contributed by atoms with Gasteiger partial charge in [-0.05, 0) is 44.6 Å². The maximum Gasteiger partial charge on any atom is 0.0471 e. The Balaban J connectivity index is 1.93. The summed E-state index contributed by atoms with van der Waals surface area (Å²) < 4.78 is 0. The number of hydrogen-bond donors (Lipinski definition) is 1. The van der Waals surface area contributed by atoms with Crippen molar-refractivity contribution in [3.8, 4) is 0 Å². The van der Waals surface area contributed by atoms with E-state index >= 15 is 0 Å². The Kier molecular flexibility index (Phi) is 4.41. The number of aliphatic hydroxyl groups excluding tert-OH is 1. The van der Waals surface area contributed by atoms with Gasteiger partial charge in [0.25, 0.3) is 0 Å². The molecule has 0 amide bonds. The van der Waals surface area contributed by atoms with Crippen molar-refractivity contribution in [2.24, 2.45) is 5.92 Å². The number of piperidine rings is 1. The molecular weight excluding hydrogens is 222 g/mol. The van der Waals surface area contributed by atoms with E-state index in [0.29, 0.717) is 12.5 Å². The van der Waals surface area contributed by atoms with Gasteiger partial charge in [0.2, 0.25) is 0 Å². The molecule has 1 saturated heterocycles. The number of benzene rings is 1. The van der Waals surface area contributed by atoms with Gasteiger partial charge in [-0.3, -0.25) is 4.90 Å². The van der Waals surface area contributed by atoms with Crippen LogP contribution in [-0.2, 0) is 6.42 Å². The Morgan fingerprint density at radius 2 is 2.00 bits per heavy atom. The number of aliphatic hydroxyl groups is 1. The van der Waals surface area contributed by atoms with Crippen molar-refractivity contribution < 1.29 is 5.11 Å². The van der Waals surface area contributed by atoms with E-state index in [-0.39, 0.29) is 5.54 Å². The highest BCUT2D eigenvalue weighted by molar-refractivity contribution is 5.15. The minimum Gasteiger partial charge on any atom is -0.396 e. The normalized spacial score (nSPS) is 24.1. The molecule has 2 heteroatoms. The van der Waals surface area contributed by atoms with Crippen LogP contribution in [0.4, 0.5) is 0 Å². The molecule has 1 N–H and O–H groups in total. The molecule has 0 aliphatic carbocycles. The monoisotopic (exact) mass is 247 g/mol. The largest absolute Gasteiger partial charge is 0.396 e. The molecule has 18 heavy (non-hydrogen) atoms. The topological polar surface area (TPSA) is 23.5 Å². The summed E-state index contributed by atoms with van der Waals surface area (Å²) in [6.45, 7) is 7.11. The van der Waals surface area contributed by atoms with Crippen molar-refractivity contribution in [2.75, 3.05) is 19.7 Å². The molecule has 1 unspecified atom stereocenters. The minimum absolute atomic E-state index is 0.278. The second-order valence-electron chi connectivity index (χ2n) is 6.08. The van der Waals surface area contributed by atoms with Crippen LogP contribution in [0.25, 0.3) is 0 Å². The lowest BCUT2D eigenvalue weighted by Crippen LogP contribution is -2.51. The highest BCUT2D eigenvalue weighted by Crippen LogP contribution is 2.30. The fraction of sp³-hybridized carbons (Fsp3) is 0.625. The molecule has 1 aliphatic rings. The third kappa shape index (κ3) is 3.33. The Labute approximate surface area is 111 Å². The third-order valence-electron chi connectivity index (χ3n) is 4.27. The number of rotatable bonds is 4. The molecule has 1 fully saturated rings. The van der Waals surface area contributed by atoms with Gasteiger partial charge in [-0.25, -0.2) is 0 Å². The van der Waals surface area contributed by atoms with Crippen LogP contribution in [0.5, 0.6) is 0 Å². The Hall–Kier alpha value is -0.860. The van der Waals surface area contributed by atoms with E-state index in [9.17, 15) is 5.11 Å². The molecule has 0 radical (unpaired) electrons. The predicted molar refractivity (Wildman–Crippen MR) is 75.6 cm³/mol. The quantitative estimate of drug-likeness (QED) is 0.884. The van der Waals surface area contributed by atoms with Gasteiger partial charge in [0.05, 0.1) is 0 Å². The van der Waals surface area contributed by atoms with E-state index in [1.54, 1.807) is 0 Å². The minimum atomic E-state index is 0.278. The van der Waals surface area contributed by atoms with Gasteiger partial charge in [0.15, 0.2) is 0 Å². The average Bonchev–Trinajstić information content (AvgIpc) is 2.38. The summed E-state index contributed by atoms with van der Waals surface area (Å²) in [5.74, 6) is 0.466. The molecule has 1 atom stereocenters. The lowest BCUT2D eigenvalue weighted by atomic mass is 9.85. The van der Waals surface area contributed by atoms with Gasteiger partial charge in [-0.15, -0.1) is 0 Å². The van der Waals surface area contributed by atoms with E-state index in [1.165, 1.54) is 12.0 Å². The van der Waals surface area contributed by atoms with Gasteiger partial charge in [-0.1, -0.05) is 30.3 Å². The van der Waals surface area contributed by atoms with Crippen molar-refractivity contribution in [1.29, 1.82) is 0 Å². The summed E-state index contributed by atoms with van der Waals surface area (Å²) in [7, 11) is 0. The summed E-state index contributed by atoms with van der Waals surface area (Å²) in [5, 5.41) is 9.34. The summed E-state index contributed by atoms with van der Waals surface area (Å²) in [5.41, 5.74) is 1.68. The van der Waals surface area contributed by atoms with E-state index in [0.717, 1.165) is 25.9 Å². The molecule has 0 aromatic heterocycles. The van der Waals surface area contributed by atoms with Gasteiger partial charge in [-0.2, -0.15) is 0 Å². The molecule has 0 spiro atoms. The first kappa shape index (κ1) is 13.6. The first-order chi connectivity index (χ1) is 8.62. The smallest absolute Gasteiger partial charge is 0.0471 e. The van der Waals surface area contributed by atoms with Gasteiger partial charge in [0, 0.05) is 25.2 Å². The molecule has 2 rings (SSSR count). The Bertz CT molecular complexity index is 361. The SMILES string of the molecule is CC1(C)CCC(CO)CN1CCc1ccccc1. The average molecular weight is 247 g/mol. The lowest BCUT2D eigenvalue weighted by molar-refractivity contribution is 0.0270. The van der Waals surface area contributed by atoms with Gasteiger partial charge >= 0.3 is 0 Å². The van der Waals surface area contributed by atoms with Gasteiger partial charge in [0.1, 0.15) is 0 Å². The van der Waals surface area contributed by atoms with Crippen LogP contribution >= 0.6 is 0 Å². The molecule has 100 valence electrons. The van der Waals surface area contributed by atoms with Crippen molar-refractivity contribution in [3.63, 3.8) is 0 Å². The highest BCUT2D eigenvalue weighted by Gasteiger charge is 2.33. The fourth-order valence-electron chi connectivity index (χ4n) is 2.82. The second-order valence-corrected chi connectivity index (χ2v) is 6.08. The van der Waals surface area contributed by atoms with Crippen molar-refractivity contribution >= 4 is 0 Å². The molecule has 2 nitrogen and oxygen atoms in total. The van der Waals surface area contributed by atoms with E-state index in [2.05, 4.69) is 49.1 Å². The van der Waals surface area contributed by atoms with Crippen molar-refractivity contribution in [3.05, 3.63) is 35.9 Å². The molecule has 0 saturated carbocycles. The molecule has 1 aromatic carbocycles. The predicted octanol–water partition coefficient (Wildman–Crippen LogP) is 2.71. The number of nitrogens with zero attached hydrogens (tertiary/aromatic N) is 1. The van der Waals surface area contributed by atoms with Crippen LogP contribution in [0.3, 0.4) is 0 Å². The maximum atomic E-state index is 9.34. The standard InChI is InChI=1S/C16H25NO/c1-16(2)10-8-15(13-18)12-17(16)11-9-14-6-4-3-5-7-14/h3-7,15,18H,8-13H2,1-2H3. The summed E-state index contributed by atoms with van der Waals surface area (Å²) in [4.78, 5) is 2.55. The molecular formula is C16H25NO. The number of hydrogen-bond acceptors (Lipinski definition) is 2. The van der Waals surface area contributed by atoms with E-state index in [4.69, 9.17) is 0 Å². The highest BCUT2D eigenvalue weighted by atomic mass is 16.3. The summed E-state index contributed by atoms with van der Waals surface area (Å²) in [6.07, 6.45) is 3.45.